The fourth-order valence-corrected chi connectivity index (χ4v) is 5.99. The Hall–Kier alpha value is -1.32. The van der Waals surface area contributed by atoms with Crippen molar-refractivity contribution in [3.8, 4) is 0 Å². The molecule has 0 aromatic carbocycles. The van der Waals surface area contributed by atoms with Crippen LogP contribution in [0.4, 0.5) is 0 Å². The molecular formula is C15H13NO3S4. The highest BCUT2D eigenvalue weighted by Gasteiger charge is 2.17. The van der Waals surface area contributed by atoms with Gasteiger partial charge in [0.05, 0.1) is 9.75 Å². The average Bonchev–Trinajstić information content (AvgIpc) is 3.25. The lowest BCUT2D eigenvalue weighted by atomic mass is 10.3. The largest absolute Gasteiger partial charge is 0.287 e. The van der Waals surface area contributed by atoms with E-state index < -0.39 is 10.0 Å². The SMILES string of the molecule is Cc1ccc(S(=O)(=O)NCc2ccc(C(=O)c3cccs3)s2)s1. The third-order valence-electron chi connectivity index (χ3n) is 3.05. The van der Waals surface area contributed by atoms with Gasteiger partial charge in [0.1, 0.15) is 4.21 Å². The number of hydrogen-bond donors (Lipinski definition) is 1. The number of hydrogen-bond acceptors (Lipinski definition) is 6. The van der Waals surface area contributed by atoms with Gasteiger partial charge < -0.3 is 0 Å². The van der Waals surface area contributed by atoms with Crippen molar-refractivity contribution in [1.29, 1.82) is 0 Å². The van der Waals surface area contributed by atoms with Crippen LogP contribution in [0, 0.1) is 6.92 Å². The molecule has 3 aromatic rings. The number of ketones is 1. The van der Waals surface area contributed by atoms with Crippen LogP contribution in [0.5, 0.6) is 0 Å². The molecule has 0 radical (unpaired) electrons. The number of carbonyl (C=O) groups excluding carboxylic acids is 1. The zero-order chi connectivity index (χ0) is 16.4. The zero-order valence-electron chi connectivity index (χ0n) is 12.1. The first-order valence-electron chi connectivity index (χ1n) is 6.69. The molecule has 0 aliphatic heterocycles. The van der Waals surface area contributed by atoms with Crippen LogP contribution in [0.3, 0.4) is 0 Å². The maximum Gasteiger partial charge on any atom is 0.250 e. The molecule has 0 aliphatic rings. The van der Waals surface area contributed by atoms with Crippen LogP contribution in [-0.2, 0) is 16.6 Å². The molecule has 8 heteroatoms. The lowest BCUT2D eigenvalue weighted by Gasteiger charge is -2.02. The lowest BCUT2D eigenvalue weighted by molar-refractivity contribution is 0.104. The molecule has 120 valence electrons. The summed E-state index contributed by atoms with van der Waals surface area (Å²) in [6.45, 7) is 2.05. The molecule has 23 heavy (non-hydrogen) atoms. The van der Waals surface area contributed by atoms with Gasteiger partial charge in [-0.25, -0.2) is 13.1 Å². The van der Waals surface area contributed by atoms with E-state index >= 15 is 0 Å². The van der Waals surface area contributed by atoms with Gasteiger partial charge >= 0.3 is 0 Å². The summed E-state index contributed by atoms with van der Waals surface area (Å²) < 4.78 is 27.3. The maximum atomic E-state index is 12.2. The summed E-state index contributed by atoms with van der Waals surface area (Å²) in [5, 5.41) is 1.86. The van der Waals surface area contributed by atoms with Crippen molar-refractivity contribution < 1.29 is 13.2 Å². The number of rotatable bonds is 6. The quantitative estimate of drug-likeness (QED) is 0.657. The molecular weight excluding hydrogens is 370 g/mol. The van der Waals surface area contributed by atoms with Gasteiger partial charge in [0.15, 0.2) is 0 Å². The molecule has 0 saturated heterocycles. The molecule has 0 bridgehead atoms. The Kier molecular flexibility index (Phi) is 4.79. The van der Waals surface area contributed by atoms with E-state index in [1.165, 1.54) is 34.0 Å². The van der Waals surface area contributed by atoms with Crippen LogP contribution in [0.15, 0.2) is 46.0 Å². The van der Waals surface area contributed by atoms with Crippen molar-refractivity contribution in [2.24, 2.45) is 0 Å². The first kappa shape index (κ1) is 16.5. The number of aryl methyl sites for hydroxylation is 1. The van der Waals surface area contributed by atoms with Gasteiger partial charge in [-0.05, 0) is 42.6 Å². The van der Waals surface area contributed by atoms with Crippen molar-refractivity contribution in [3.05, 3.63) is 61.3 Å². The summed E-state index contributed by atoms with van der Waals surface area (Å²) in [5.74, 6) is -0.0204. The highest BCUT2D eigenvalue weighted by Crippen LogP contribution is 2.24. The molecule has 3 heterocycles. The molecule has 0 atom stereocenters. The molecule has 3 rings (SSSR count). The third kappa shape index (κ3) is 3.78. The van der Waals surface area contributed by atoms with Gasteiger partial charge in [-0.3, -0.25) is 4.79 Å². The molecule has 0 aliphatic carbocycles. The fourth-order valence-electron chi connectivity index (χ4n) is 1.92. The number of thiophene rings is 3. The molecule has 0 fully saturated rings. The second-order valence-electron chi connectivity index (χ2n) is 4.76. The van der Waals surface area contributed by atoms with Crippen LogP contribution in [-0.4, -0.2) is 14.2 Å². The molecule has 4 nitrogen and oxygen atoms in total. The van der Waals surface area contributed by atoms with Gasteiger partial charge in [-0.15, -0.1) is 34.0 Å². The van der Waals surface area contributed by atoms with Crippen LogP contribution in [0.25, 0.3) is 0 Å². The van der Waals surface area contributed by atoms with Crippen molar-refractivity contribution in [2.75, 3.05) is 0 Å². The summed E-state index contributed by atoms with van der Waals surface area (Å²) in [4.78, 5) is 15.3. The summed E-state index contributed by atoms with van der Waals surface area (Å²) in [6, 6.07) is 10.5. The predicted octanol–water partition coefficient (Wildman–Crippen LogP) is 3.89. The van der Waals surface area contributed by atoms with Gasteiger partial charge in [0.2, 0.25) is 15.8 Å². The van der Waals surface area contributed by atoms with E-state index in [-0.39, 0.29) is 12.3 Å². The van der Waals surface area contributed by atoms with Crippen molar-refractivity contribution in [3.63, 3.8) is 0 Å². The first-order chi connectivity index (χ1) is 11.0. The van der Waals surface area contributed by atoms with Crippen molar-refractivity contribution in [1.82, 2.24) is 4.72 Å². The summed E-state index contributed by atoms with van der Waals surface area (Å²) in [7, 11) is -3.50. The monoisotopic (exact) mass is 383 g/mol. The maximum absolute atomic E-state index is 12.2. The number of nitrogens with one attached hydrogen (secondary N) is 1. The minimum absolute atomic E-state index is 0.0204. The van der Waals surface area contributed by atoms with E-state index in [2.05, 4.69) is 4.72 Å². The van der Waals surface area contributed by atoms with E-state index in [1.54, 1.807) is 30.3 Å². The zero-order valence-corrected chi connectivity index (χ0v) is 15.4. The Balaban J connectivity index is 1.69. The molecule has 0 spiro atoms. The van der Waals surface area contributed by atoms with E-state index in [0.717, 1.165) is 9.75 Å². The Morgan fingerprint density at radius 2 is 1.91 bits per heavy atom. The minimum Gasteiger partial charge on any atom is -0.287 e. The van der Waals surface area contributed by atoms with Crippen LogP contribution in [0.1, 0.15) is 24.3 Å². The fraction of sp³-hybridized carbons (Fsp3) is 0.133. The lowest BCUT2D eigenvalue weighted by Crippen LogP contribution is -2.21. The smallest absolute Gasteiger partial charge is 0.250 e. The van der Waals surface area contributed by atoms with Gasteiger partial charge in [-0.2, -0.15) is 0 Å². The Morgan fingerprint density at radius 3 is 2.57 bits per heavy atom. The molecule has 0 amide bonds. The highest BCUT2D eigenvalue weighted by molar-refractivity contribution is 7.91. The van der Waals surface area contributed by atoms with E-state index in [1.807, 2.05) is 18.4 Å². The Morgan fingerprint density at radius 1 is 1.09 bits per heavy atom. The predicted molar refractivity (Wildman–Crippen MR) is 95.2 cm³/mol. The van der Waals surface area contributed by atoms with Gasteiger partial charge in [-0.1, -0.05) is 6.07 Å². The highest BCUT2D eigenvalue weighted by atomic mass is 32.2. The van der Waals surface area contributed by atoms with Crippen LogP contribution < -0.4 is 4.72 Å². The van der Waals surface area contributed by atoms with Crippen molar-refractivity contribution >= 4 is 49.8 Å². The van der Waals surface area contributed by atoms with Gasteiger partial charge in [0, 0.05) is 16.3 Å². The summed E-state index contributed by atoms with van der Waals surface area (Å²) >= 11 is 3.95. The molecule has 1 N–H and O–H groups in total. The van der Waals surface area contributed by atoms with E-state index in [9.17, 15) is 13.2 Å². The summed E-state index contributed by atoms with van der Waals surface area (Å²) in [5.41, 5.74) is 0. The first-order valence-corrected chi connectivity index (χ1v) is 10.7. The second kappa shape index (κ2) is 6.66. The van der Waals surface area contributed by atoms with E-state index in [0.29, 0.717) is 14.0 Å². The van der Waals surface area contributed by atoms with E-state index in [4.69, 9.17) is 0 Å². The van der Waals surface area contributed by atoms with Crippen LogP contribution >= 0.6 is 34.0 Å². The Bertz CT molecular complexity index is 920. The summed E-state index contributed by atoms with van der Waals surface area (Å²) in [6.07, 6.45) is 0. The standard InChI is InChI=1S/C15H13NO3S4/c1-10-4-7-14(21-10)23(18,19)16-9-11-5-6-13(22-11)15(17)12-3-2-8-20-12/h2-8,16H,9H2,1H3. The molecule has 0 saturated carbocycles. The van der Waals surface area contributed by atoms with Crippen LogP contribution in [0.2, 0.25) is 0 Å². The second-order valence-corrected chi connectivity index (χ2v) is 10.2. The topological polar surface area (TPSA) is 63.2 Å². The van der Waals surface area contributed by atoms with Gasteiger partial charge in [0.25, 0.3) is 0 Å². The average molecular weight is 384 g/mol. The normalized spacial score (nSPS) is 11.7. The number of sulfonamides is 1. The minimum atomic E-state index is -3.50. The third-order valence-corrected chi connectivity index (χ3v) is 7.89. The Labute approximate surface area is 146 Å². The number of carbonyl (C=O) groups is 1. The van der Waals surface area contributed by atoms with Crippen molar-refractivity contribution in [2.45, 2.75) is 17.7 Å². The molecule has 3 aromatic heterocycles. The molecule has 0 unspecified atom stereocenters.